The van der Waals surface area contributed by atoms with E-state index in [1.54, 1.807) is 7.11 Å². The Morgan fingerprint density at radius 2 is 1.89 bits per heavy atom. The molecule has 0 amide bonds. The number of hydrogen-bond acceptors (Lipinski definition) is 3. The van der Waals surface area contributed by atoms with Gasteiger partial charge in [-0.3, -0.25) is 0 Å². The van der Waals surface area contributed by atoms with Gasteiger partial charge in [-0.05, 0) is 70.0 Å². The molecule has 0 saturated carbocycles. The van der Waals surface area contributed by atoms with Crippen LogP contribution >= 0.6 is 0 Å². The summed E-state index contributed by atoms with van der Waals surface area (Å²) in [4.78, 5) is 2.35. The average Bonchev–Trinajstić information content (AvgIpc) is 2.38. The van der Waals surface area contributed by atoms with Crippen molar-refractivity contribution in [3.63, 3.8) is 0 Å². The molecular weight excluding hydrogens is 236 g/mol. The lowest BCUT2D eigenvalue weighted by Crippen LogP contribution is -2.27. The normalized spacial score (nSPS) is 12.8. The van der Waals surface area contributed by atoms with Gasteiger partial charge in [-0.15, -0.1) is 0 Å². The van der Waals surface area contributed by atoms with Gasteiger partial charge < -0.3 is 15.4 Å². The van der Waals surface area contributed by atoms with Crippen LogP contribution in [0.2, 0.25) is 0 Å². The lowest BCUT2D eigenvalue weighted by atomic mass is 10.00. The predicted molar refractivity (Wildman–Crippen MR) is 81.9 cm³/mol. The number of ether oxygens (including phenoxy) is 1. The van der Waals surface area contributed by atoms with Gasteiger partial charge in [0, 0.05) is 12.6 Å². The summed E-state index contributed by atoms with van der Waals surface area (Å²) in [5.41, 5.74) is 9.79. The van der Waals surface area contributed by atoms with Gasteiger partial charge in [0.1, 0.15) is 5.75 Å². The lowest BCUT2D eigenvalue weighted by Gasteiger charge is -2.19. The van der Waals surface area contributed by atoms with Gasteiger partial charge in [-0.1, -0.05) is 6.07 Å². The van der Waals surface area contributed by atoms with E-state index >= 15 is 0 Å². The summed E-state index contributed by atoms with van der Waals surface area (Å²) < 4.78 is 5.35. The Morgan fingerprint density at radius 3 is 2.47 bits per heavy atom. The van der Waals surface area contributed by atoms with E-state index in [1.807, 2.05) is 0 Å². The highest BCUT2D eigenvalue weighted by molar-refractivity contribution is 5.43. The number of methoxy groups -OCH3 is 1. The fourth-order valence-corrected chi connectivity index (χ4v) is 2.19. The molecule has 0 bridgehead atoms. The number of nitrogens with zero attached hydrogens (tertiary/aromatic N) is 1. The monoisotopic (exact) mass is 264 g/mol. The fourth-order valence-electron chi connectivity index (χ4n) is 2.19. The highest BCUT2D eigenvalue weighted by Crippen LogP contribution is 2.24. The first-order valence-electron chi connectivity index (χ1n) is 7.03. The van der Waals surface area contributed by atoms with E-state index in [-0.39, 0.29) is 6.04 Å². The van der Waals surface area contributed by atoms with Crippen LogP contribution in [0.1, 0.15) is 30.0 Å². The molecule has 1 aromatic carbocycles. The number of hydrogen-bond donors (Lipinski definition) is 1. The van der Waals surface area contributed by atoms with Crippen molar-refractivity contribution in [1.82, 2.24) is 4.90 Å². The Balaban J connectivity index is 2.56. The molecular formula is C16H28N2O. The van der Waals surface area contributed by atoms with Crippen LogP contribution in [0.3, 0.4) is 0 Å². The molecule has 0 aliphatic heterocycles. The third kappa shape index (κ3) is 4.84. The Labute approximate surface area is 117 Å². The topological polar surface area (TPSA) is 38.5 Å². The molecule has 1 rings (SSSR count). The van der Waals surface area contributed by atoms with E-state index in [0.717, 1.165) is 31.7 Å². The van der Waals surface area contributed by atoms with E-state index in [4.69, 9.17) is 10.5 Å². The van der Waals surface area contributed by atoms with Crippen LogP contribution in [0.5, 0.6) is 5.75 Å². The van der Waals surface area contributed by atoms with E-state index in [9.17, 15) is 0 Å². The molecule has 0 aliphatic carbocycles. The smallest absolute Gasteiger partial charge is 0.122 e. The SMILES string of the molecule is COc1ccc(CCN(C)CCC(C)N)c(C)c1C. The zero-order valence-electron chi connectivity index (χ0n) is 13.0. The Kier molecular flexibility index (Phi) is 6.32. The molecule has 0 fully saturated rings. The highest BCUT2D eigenvalue weighted by Gasteiger charge is 2.08. The summed E-state index contributed by atoms with van der Waals surface area (Å²) in [7, 11) is 3.89. The molecule has 0 spiro atoms. The van der Waals surface area contributed by atoms with Crippen LogP contribution in [0.25, 0.3) is 0 Å². The van der Waals surface area contributed by atoms with Crippen LogP contribution in [0, 0.1) is 13.8 Å². The molecule has 1 atom stereocenters. The van der Waals surface area contributed by atoms with Crippen LogP contribution < -0.4 is 10.5 Å². The van der Waals surface area contributed by atoms with E-state index in [2.05, 4.69) is 44.9 Å². The van der Waals surface area contributed by atoms with E-state index in [0.29, 0.717) is 0 Å². The van der Waals surface area contributed by atoms with Crippen LogP contribution in [0.15, 0.2) is 12.1 Å². The third-order valence-electron chi connectivity index (χ3n) is 3.80. The average molecular weight is 264 g/mol. The third-order valence-corrected chi connectivity index (χ3v) is 3.80. The first-order chi connectivity index (χ1) is 8.95. The first-order valence-corrected chi connectivity index (χ1v) is 7.03. The quantitative estimate of drug-likeness (QED) is 0.822. The van der Waals surface area contributed by atoms with E-state index in [1.165, 1.54) is 16.7 Å². The molecule has 3 nitrogen and oxygen atoms in total. The highest BCUT2D eigenvalue weighted by atomic mass is 16.5. The summed E-state index contributed by atoms with van der Waals surface area (Å²) in [6, 6.07) is 4.53. The van der Waals surface area contributed by atoms with E-state index < -0.39 is 0 Å². The van der Waals surface area contributed by atoms with Gasteiger partial charge in [-0.25, -0.2) is 0 Å². The Hall–Kier alpha value is -1.06. The molecule has 0 saturated heterocycles. The second-order valence-corrected chi connectivity index (χ2v) is 5.50. The van der Waals surface area contributed by atoms with Crippen molar-refractivity contribution in [2.75, 3.05) is 27.2 Å². The Bertz CT molecular complexity index is 402. The second kappa shape index (κ2) is 7.51. The molecule has 0 radical (unpaired) electrons. The summed E-state index contributed by atoms with van der Waals surface area (Å²) in [5, 5.41) is 0. The van der Waals surface area contributed by atoms with Gasteiger partial charge >= 0.3 is 0 Å². The van der Waals surface area contributed by atoms with Crippen molar-refractivity contribution in [2.24, 2.45) is 5.73 Å². The standard InChI is InChI=1S/C16H28N2O/c1-12(17)8-10-18(4)11-9-15-6-7-16(19-5)14(3)13(15)2/h6-7,12H,8-11,17H2,1-5H3. The van der Waals surface area contributed by atoms with Gasteiger partial charge in [-0.2, -0.15) is 0 Å². The van der Waals surface area contributed by atoms with Crippen molar-refractivity contribution in [3.05, 3.63) is 28.8 Å². The fraction of sp³-hybridized carbons (Fsp3) is 0.625. The number of likely N-dealkylation sites (N-methyl/N-ethyl adjacent to an activating group) is 1. The van der Waals surface area contributed by atoms with Crippen LogP contribution in [-0.4, -0.2) is 38.2 Å². The Morgan fingerprint density at radius 1 is 1.21 bits per heavy atom. The second-order valence-electron chi connectivity index (χ2n) is 5.50. The molecule has 108 valence electrons. The lowest BCUT2D eigenvalue weighted by molar-refractivity contribution is 0.324. The number of benzene rings is 1. The van der Waals surface area contributed by atoms with Gasteiger partial charge in [0.25, 0.3) is 0 Å². The molecule has 0 aliphatic rings. The molecule has 1 unspecified atom stereocenters. The van der Waals surface area contributed by atoms with Gasteiger partial charge in [0.15, 0.2) is 0 Å². The molecule has 19 heavy (non-hydrogen) atoms. The molecule has 3 heteroatoms. The molecule has 2 N–H and O–H groups in total. The maximum Gasteiger partial charge on any atom is 0.122 e. The maximum absolute atomic E-state index is 5.78. The van der Waals surface area contributed by atoms with Crippen molar-refractivity contribution in [2.45, 2.75) is 39.7 Å². The molecule has 1 aromatic rings. The zero-order chi connectivity index (χ0) is 14.4. The van der Waals surface area contributed by atoms with Gasteiger partial charge in [0.2, 0.25) is 0 Å². The number of nitrogens with two attached hydrogens (primary N) is 1. The maximum atomic E-state index is 5.78. The van der Waals surface area contributed by atoms with Crippen LogP contribution in [-0.2, 0) is 6.42 Å². The molecule has 0 aromatic heterocycles. The van der Waals surface area contributed by atoms with Crippen LogP contribution in [0.4, 0.5) is 0 Å². The van der Waals surface area contributed by atoms with Crippen molar-refractivity contribution < 1.29 is 4.74 Å². The predicted octanol–water partition coefficient (Wildman–Crippen LogP) is 2.52. The summed E-state index contributed by atoms with van der Waals surface area (Å²) in [5.74, 6) is 0.978. The minimum Gasteiger partial charge on any atom is -0.496 e. The summed E-state index contributed by atoms with van der Waals surface area (Å²) in [6.45, 7) is 8.49. The largest absolute Gasteiger partial charge is 0.496 e. The number of rotatable bonds is 7. The first kappa shape index (κ1) is 16.0. The summed E-state index contributed by atoms with van der Waals surface area (Å²) in [6.07, 6.45) is 2.13. The van der Waals surface area contributed by atoms with Crippen molar-refractivity contribution in [1.29, 1.82) is 0 Å². The van der Waals surface area contributed by atoms with Crippen molar-refractivity contribution >= 4 is 0 Å². The zero-order valence-corrected chi connectivity index (χ0v) is 13.0. The molecule has 0 heterocycles. The summed E-state index contributed by atoms with van der Waals surface area (Å²) >= 11 is 0. The minimum atomic E-state index is 0.285. The van der Waals surface area contributed by atoms with Crippen molar-refractivity contribution in [3.8, 4) is 5.75 Å². The minimum absolute atomic E-state index is 0.285. The van der Waals surface area contributed by atoms with Gasteiger partial charge in [0.05, 0.1) is 7.11 Å².